The highest BCUT2D eigenvalue weighted by molar-refractivity contribution is 7.98. The molecule has 1 aromatic heterocycles. The zero-order valence-corrected chi connectivity index (χ0v) is 14.0. The maximum atomic E-state index is 12.1. The van der Waals surface area contributed by atoms with Crippen molar-refractivity contribution in [3.8, 4) is 0 Å². The molecule has 3 rings (SSSR count). The quantitative estimate of drug-likeness (QED) is 0.754. The molecule has 0 bridgehead atoms. The predicted molar refractivity (Wildman–Crippen MR) is 93.6 cm³/mol. The van der Waals surface area contributed by atoms with Crippen LogP contribution in [0.1, 0.15) is 31.2 Å². The topological polar surface area (TPSA) is 93.0 Å². The van der Waals surface area contributed by atoms with Crippen molar-refractivity contribution in [1.82, 2.24) is 9.97 Å². The van der Waals surface area contributed by atoms with E-state index in [4.69, 9.17) is 10.5 Å². The fourth-order valence-corrected chi connectivity index (χ4v) is 3.15. The van der Waals surface area contributed by atoms with E-state index in [2.05, 4.69) is 15.3 Å². The van der Waals surface area contributed by atoms with Crippen molar-refractivity contribution >= 4 is 34.4 Å². The Morgan fingerprint density at radius 3 is 3.22 bits per heavy atom. The van der Waals surface area contributed by atoms with Gasteiger partial charge in [-0.3, -0.25) is 4.79 Å². The molecule has 1 aliphatic rings. The average molecular weight is 334 g/mol. The van der Waals surface area contributed by atoms with Gasteiger partial charge in [0.25, 0.3) is 0 Å². The molecule has 7 heteroatoms. The lowest BCUT2D eigenvalue weighted by molar-refractivity contribution is -0.117. The predicted octanol–water partition coefficient (Wildman–Crippen LogP) is 2.43. The van der Waals surface area contributed by atoms with Crippen LogP contribution in [0.3, 0.4) is 0 Å². The minimum absolute atomic E-state index is 0.0559. The first-order valence-corrected chi connectivity index (χ1v) is 9.23. The molecule has 1 amide bonds. The first kappa shape index (κ1) is 16.3. The number of carbonyl (C=O) groups excluding carboxylic acids is 1. The third-order valence-corrected chi connectivity index (χ3v) is 4.62. The summed E-state index contributed by atoms with van der Waals surface area (Å²) in [6, 6.07) is 5.15. The summed E-state index contributed by atoms with van der Waals surface area (Å²) in [5.41, 5.74) is 8.38. The number of aromatic nitrogens is 2. The zero-order valence-electron chi connectivity index (χ0n) is 13.2. The van der Waals surface area contributed by atoms with Crippen LogP contribution in [-0.2, 0) is 9.53 Å². The smallest absolute Gasteiger partial charge is 0.241 e. The number of hydrogen-bond acceptors (Lipinski definition) is 5. The van der Waals surface area contributed by atoms with Gasteiger partial charge < -0.3 is 20.8 Å². The standard InChI is InChI=1S/C16H22N4O2S/c1-23-8-6-11(17)16(21)18-10-4-5-12-13(9-10)20-15(19-12)14-3-2-7-22-14/h4-5,9,11,14H,2-3,6-8,17H2,1H3,(H,18,21)(H,19,20)/t11-,14?/m0/s1. The van der Waals surface area contributed by atoms with E-state index in [1.807, 2.05) is 24.5 Å². The van der Waals surface area contributed by atoms with Gasteiger partial charge in [-0.15, -0.1) is 0 Å². The average Bonchev–Trinajstić information content (AvgIpc) is 3.20. The summed E-state index contributed by atoms with van der Waals surface area (Å²) in [7, 11) is 0. The third kappa shape index (κ3) is 3.85. The third-order valence-electron chi connectivity index (χ3n) is 3.97. The van der Waals surface area contributed by atoms with Gasteiger partial charge >= 0.3 is 0 Å². The highest BCUT2D eigenvalue weighted by Gasteiger charge is 2.21. The summed E-state index contributed by atoms with van der Waals surface area (Å²) in [6.45, 7) is 0.789. The van der Waals surface area contributed by atoms with E-state index in [0.717, 1.165) is 47.7 Å². The number of rotatable bonds is 6. The van der Waals surface area contributed by atoms with Gasteiger partial charge in [-0.2, -0.15) is 11.8 Å². The summed E-state index contributed by atoms with van der Waals surface area (Å²) < 4.78 is 5.65. The van der Waals surface area contributed by atoms with Crippen LogP contribution >= 0.6 is 11.8 Å². The highest BCUT2D eigenvalue weighted by Crippen LogP contribution is 2.28. The number of ether oxygens (including phenoxy) is 1. The van der Waals surface area contributed by atoms with Crippen molar-refractivity contribution in [3.05, 3.63) is 24.0 Å². The minimum atomic E-state index is -0.484. The maximum absolute atomic E-state index is 12.1. The number of fused-ring (bicyclic) bond motifs is 1. The SMILES string of the molecule is CSCC[C@H](N)C(=O)Nc1ccc2nc(C3CCCO3)[nH]c2c1. The summed E-state index contributed by atoms with van der Waals surface area (Å²) in [5.74, 6) is 1.58. The second-order valence-electron chi connectivity index (χ2n) is 5.73. The van der Waals surface area contributed by atoms with E-state index in [1.54, 1.807) is 11.8 Å². The van der Waals surface area contributed by atoms with Crippen molar-refractivity contribution in [3.63, 3.8) is 0 Å². The Bertz CT molecular complexity index is 682. The van der Waals surface area contributed by atoms with Gasteiger partial charge in [-0.1, -0.05) is 0 Å². The molecule has 23 heavy (non-hydrogen) atoms. The number of imidazole rings is 1. The van der Waals surface area contributed by atoms with Crippen LogP contribution in [0, 0.1) is 0 Å². The van der Waals surface area contributed by atoms with Crippen LogP contribution in [0.25, 0.3) is 11.0 Å². The van der Waals surface area contributed by atoms with Crippen LogP contribution in [0.2, 0.25) is 0 Å². The number of hydrogen-bond donors (Lipinski definition) is 3. The normalized spacial score (nSPS) is 19.1. The number of H-pyrrole nitrogens is 1. The van der Waals surface area contributed by atoms with E-state index in [-0.39, 0.29) is 12.0 Å². The van der Waals surface area contributed by atoms with Crippen molar-refractivity contribution in [2.24, 2.45) is 5.73 Å². The van der Waals surface area contributed by atoms with Crippen molar-refractivity contribution < 1.29 is 9.53 Å². The molecule has 0 aliphatic carbocycles. The molecule has 0 saturated carbocycles. The number of anilines is 1. The van der Waals surface area contributed by atoms with Gasteiger partial charge in [0.05, 0.1) is 17.1 Å². The van der Waals surface area contributed by atoms with Crippen LogP contribution in [0.5, 0.6) is 0 Å². The Balaban J connectivity index is 1.70. The number of nitrogens with two attached hydrogens (primary N) is 1. The lowest BCUT2D eigenvalue weighted by atomic mass is 10.2. The number of carbonyl (C=O) groups is 1. The van der Waals surface area contributed by atoms with E-state index in [1.165, 1.54) is 0 Å². The molecule has 0 spiro atoms. The molecular weight excluding hydrogens is 312 g/mol. The number of thioether (sulfide) groups is 1. The van der Waals surface area contributed by atoms with E-state index < -0.39 is 6.04 Å². The van der Waals surface area contributed by atoms with Gasteiger partial charge in [0.2, 0.25) is 5.91 Å². The molecule has 124 valence electrons. The molecule has 6 nitrogen and oxygen atoms in total. The van der Waals surface area contributed by atoms with Crippen molar-refractivity contribution in [1.29, 1.82) is 0 Å². The molecule has 1 saturated heterocycles. The van der Waals surface area contributed by atoms with E-state index in [9.17, 15) is 4.79 Å². The summed E-state index contributed by atoms with van der Waals surface area (Å²) >= 11 is 1.69. The molecule has 0 radical (unpaired) electrons. The maximum Gasteiger partial charge on any atom is 0.241 e. The number of amides is 1. The number of aromatic amines is 1. The van der Waals surface area contributed by atoms with Gasteiger partial charge in [0, 0.05) is 12.3 Å². The molecule has 1 aromatic carbocycles. The number of nitrogens with one attached hydrogen (secondary N) is 2. The van der Waals surface area contributed by atoms with Crippen LogP contribution in [0.4, 0.5) is 5.69 Å². The minimum Gasteiger partial charge on any atom is -0.370 e. The van der Waals surface area contributed by atoms with Gasteiger partial charge in [-0.05, 0) is 49.5 Å². The van der Waals surface area contributed by atoms with Gasteiger partial charge in [0.1, 0.15) is 11.9 Å². The van der Waals surface area contributed by atoms with Gasteiger partial charge in [-0.25, -0.2) is 4.98 Å². The molecule has 4 N–H and O–H groups in total. The van der Waals surface area contributed by atoms with E-state index in [0.29, 0.717) is 6.42 Å². The van der Waals surface area contributed by atoms with Crippen LogP contribution in [0.15, 0.2) is 18.2 Å². The Labute approximate surface area is 139 Å². The van der Waals surface area contributed by atoms with Crippen molar-refractivity contribution in [2.75, 3.05) is 23.9 Å². The number of benzene rings is 1. The molecule has 1 unspecified atom stereocenters. The second kappa shape index (κ2) is 7.33. The molecule has 1 aliphatic heterocycles. The van der Waals surface area contributed by atoms with Crippen molar-refractivity contribution in [2.45, 2.75) is 31.4 Å². The first-order chi connectivity index (χ1) is 11.2. The zero-order chi connectivity index (χ0) is 16.2. The monoisotopic (exact) mass is 334 g/mol. The Morgan fingerprint density at radius 2 is 2.48 bits per heavy atom. The summed E-state index contributed by atoms with van der Waals surface area (Å²) in [5, 5.41) is 2.87. The second-order valence-corrected chi connectivity index (χ2v) is 6.72. The Hall–Kier alpha value is -1.57. The summed E-state index contributed by atoms with van der Waals surface area (Å²) in [6.07, 6.45) is 4.79. The molecule has 2 heterocycles. The van der Waals surface area contributed by atoms with E-state index >= 15 is 0 Å². The molecule has 2 aromatic rings. The Kier molecular flexibility index (Phi) is 5.20. The summed E-state index contributed by atoms with van der Waals surface area (Å²) in [4.78, 5) is 19.9. The highest BCUT2D eigenvalue weighted by atomic mass is 32.2. The number of nitrogens with zero attached hydrogens (tertiary/aromatic N) is 1. The Morgan fingerprint density at radius 1 is 1.61 bits per heavy atom. The first-order valence-electron chi connectivity index (χ1n) is 7.84. The molecule has 1 fully saturated rings. The lowest BCUT2D eigenvalue weighted by Gasteiger charge is -2.11. The largest absolute Gasteiger partial charge is 0.370 e. The molecule has 2 atom stereocenters. The van der Waals surface area contributed by atoms with Gasteiger partial charge in [0.15, 0.2) is 0 Å². The lowest BCUT2D eigenvalue weighted by Crippen LogP contribution is -2.36. The fourth-order valence-electron chi connectivity index (χ4n) is 2.66. The van der Waals surface area contributed by atoms with Crippen LogP contribution < -0.4 is 11.1 Å². The molecular formula is C16H22N4O2S. The van der Waals surface area contributed by atoms with Crippen LogP contribution in [-0.4, -0.2) is 40.5 Å². The fraction of sp³-hybridized carbons (Fsp3) is 0.500.